The Morgan fingerprint density at radius 1 is 0.689 bits per heavy atom. The van der Waals surface area contributed by atoms with Gasteiger partial charge >= 0.3 is 0 Å². The van der Waals surface area contributed by atoms with Crippen molar-refractivity contribution in [3.63, 3.8) is 0 Å². The molecule has 2 aliphatic rings. The van der Waals surface area contributed by atoms with Crippen molar-refractivity contribution >= 4 is 47.3 Å². The molecule has 2 heterocycles. The lowest BCUT2D eigenvalue weighted by Gasteiger charge is -2.33. The minimum absolute atomic E-state index is 0.0191. The third kappa shape index (κ3) is 14.5. The van der Waals surface area contributed by atoms with Crippen LogP contribution in [0, 0.1) is 17.8 Å². The van der Waals surface area contributed by atoms with Crippen molar-refractivity contribution in [1.82, 2.24) is 41.3 Å². The van der Waals surface area contributed by atoms with Gasteiger partial charge in [-0.25, -0.2) is 0 Å². The van der Waals surface area contributed by atoms with Crippen molar-refractivity contribution in [3.05, 3.63) is 35.9 Å². The molecule has 2 aliphatic heterocycles. The normalized spacial score (nSPS) is 19.3. The highest BCUT2D eigenvalue weighted by Gasteiger charge is 2.42. The molecular weight excluding hydrogens is 785 g/mol. The van der Waals surface area contributed by atoms with Crippen LogP contribution in [0.3, 0.4) is 0 Å². The third-order valence-electron chi connectivity index (χ3n) is 11.3. The van der Waals surface area contributed by atoms with Crippen LogP contribution in [0.1, 0.15) is 99.0 Å². The third-order valence-corrected chi connectivity index (χ3v) is 11.3. The molecule has 0 unspecified atom stereocenters. The molecule has 1 aromatic rings. The average molecular weight is 855 g/mol. The maximum Gasteiger partial charge on any atom is 0.246 e. The van der Waals surface area contributed by atoms with E-state index in [4.69, 9.17) is 0 Å². The lowest BCUT2D eigenvalue weighted by atomic mass is 9.96. The summed E-state index contributed by atoms with van der Waals surface area (Å²) >= 11 is 0. The van der Waals surface area contributed by atoms with Gasteiger partial charge in [0.1, 0.15) is 42.3 Å². The summed E-state index contributed by atoms with van der Waals surface area (Å²) in [5, 5.41) is 24.1. The second-order valence-electron chi connectivity index (χ2n) is 17.6. The number of aliphatic hydroxyl groups excluding tert-OH is 1. The number of rotatable bonds is 21. The number of carbonyl (C=O) groups excluding carboxylic acids is 8. The van der Waals surface area contributed by atoms with E-state index in [1.54, 1.807) is 51.4 Å². The fraction of sp³-hybridized carbons (Fsp3) is 0.682. The first kappa shape index (κ1) is 50.3. The summed E-state index contributed by atoms with van der Waals surface area (Å²) in [6, 6.07) is 1.67. The summed E-state index contributed by atoms with van der Waals surface area (Å²) in [4.78, 5) is 113. The lowest BCUT2D eigenvalue weighted by Crippen LogP contribution is -2.61. The first-order chi connectivity index (χ1) is 28.8. The van der Waals surface area contributed by atoms with Gasteiger partial charge in [0.15, 0.2) is 0 Å². The highest BCUT2D eigenvalue weighted by atomic mass is 16.3. The second kappa shape index (κ2) is 23.8. The first-order valence-corrected chi connectivity index (χ1v) is 21.7. The average Bonchev–Trinajstić information content (AvgIpc) is 3.91. The Morgan fingerprint density at radius 2 is 1.20 bits per heavy atom. The van der Waals surface area contributed by atoms with Gasteiger partial charge in [0.25, 0.3) is 0 Å². The van der Waals surface area contributed by atoms with Crippen LogP contribution in [-0.2, 0) is 44.8 Å². The molecule has 1 aromatic carbocycles. The van der Waals surface area contributed by atoms with Gasteiger partial charge in [0, 0.05) is 40.5 Å². The van der Waals surface area contributed by atoms with E-state index in [0.717, 1.165) is 0 Å². The fourth-order valence-corrected chi connectivity index (χ4v) is 7.93. The van der Waals surface area contributed by atoms with Crippen LogP contribution >= 0.6 is 0 Å². The number of aliphatic hydroxyl groups is 1. The Kier molecular flexibility index (Phi) is 19.6. The molecule has 8 amide bonds. The van der Waals surface area contributed by atoms with Crippen molar-refractivity contribution in [2.24, 2.45) is 17.8 Å². The summed E-state index contributed by atoms with van der Waals surface area (Å²) in [5.74, 6) is -4.36. The largest absolute Gasteiger partial charge is 0.394 e. The number of carbonyl (C=O) groups is 8. The van der Waals surface area contributed by atoms with E-state index in [2.05, 4.69) is 26.6 Å². The second-order valence-corrected chi connectivity index (χ2v) is 17.6. The van der Waals surface area contributed by atoms with Crippen LogP contribution in [0.15, 0.2) is 30.3 Å². The Balaban J connectivity index is 1.80. The van der Waals surface area contributed by atoms with Crippen molar-refractivity contribution in [3.8, 4) is 0 Å². The van der Waals surface area contributed by atoms with Crippen molar-refractivity contribution in [1.29, 1.82) is 0 Å². The molecule has 0 bridgehead atoms. The van der Waals surface area contributed by atoms with Crippen LogP contribution in [-0.4, -0.2) is 143 Å². The summed E-state index contributed by atoms with van der Waals surface area (Å²) < 4.78 is 0. The van der Waals surface area contributed by atoms with Crippen LogP contribution < -0.4 is 26.6 Å². The summed E-state index contributed by atoms with van der Waals surface area (Å²) in [5.41, 5.74) is 0.697. The standard InChI is InChI=1S/C44H70N8O9/c1-10-28(6)37(44(61)52-21-15-19-36(52)41(58)47-32(22-26(2)3)42(59)50(8)9)49-39(56)34(25-53)48-38(55)31(24-30-16-12-11-13-17-30)46-40(57)35-18-14-20-51(35)43(60)33(23-27(4)5)45-29(7)54/h11-13,16-17,26-28,31-37,53H,10,14-15,18-25H2,1-9H3,(H,45,54)(H,46,57)(H,47,58)(H,48,55)(H,49,56)/t28-,31-,32-,33-,34-,35-,36-,37-/m0/s1. The molecule has 17 heteroatoms. The number of likely N-dealkylation sites (N-methyl/N-ethyl adjacent to an activating group) is 1. The molecule has 2 fully saturated rings. The maximum atomic E-state index is 14.2. The number of hydrogen-bond donors (Lipinski definition) is 6. The van der Waals surface area contributed by atoms with Gasteiger partial charge in [-0.2, -0.15) is 0 Å². The zero-order valence-corrected chi connectivity index (χ0v) is 37.5. The first-order valence-electron chi connectivity index (χ1n) is 21.7. The summed E-state index contributed by atoms with van der Waals surface area (Å²) in [6.07, 6.45) is 3.06. The van der Waals surface area contributed by atoms with Crippen molar-refractivity contribution < 1.29 is 43.5 Å². The number of nitrogens with zero attached hydrogens (tertiary/aromatic N) is 3. The predicted molar refractivity (Wildman–Crippen MR) is 229 cm³/mol. The van der Waals surface area contributed by atoms with Gasteiger partial charge in [0.2, 0.25) is 47.3 Å². The van der Waals surface area contributed by atoms with Gasteiger partial charge < -0.3 is 46.4 Å². The predicted octanol–water partition coefficient (Wildman–Crippen LogP) is 0.874. The van der Waals surface area contributed by atoms with Crippen molar-refractivity contribution in [2.45, 2.75) is 142 Å². The number of amides is 8. The van der Waals surface area contributed by atoms with Crippen LogP contribution in [0.4, 0.5) is 0 Å². The molecule has 0 spiro atoms. The minimum atomic E-state index is -1.52. The number of likely N-dealkylation sites (tertiary alicyclic amines) is 2. The van der Waals surface area contributed by atoms with E-state index in [9.17, 15) is 43.5 Å². The molecule has 2 saturated heterocycles. The number of hydrogen-bond acceptors (Lipinski definition) is 9. The van der Waals surface area contributed by atoms with E-state index >= 15 is 0 Å². The smallest absolute Gasteiger partial charge is 0.246 e. The van der Waals surface area contributed by atoms with Crippen LogP contribution in [0.2, 0.25) is 0 Å². The minimum Gasteiger partial charge on any atom is -0.394 e. The summed E-state index contributed by atoms with van der Waals surface area (Å²) in [6.45, 7) is 12.4. The van der Waals surface area contributed by atoms with Crippen molar-refractivity contribution in [2.75, 3.05) is 33.8 Å². The zero-order valence-electron chi connectivity index (χ0n) is 37.5. The van der Waals surface area contributed by atoms with E-state index in [1.165, 1.54) is 21.6 Å². The molecule has 6 N–H and O–H groups in total. The van der Waals surface area contributed by atoms with Gasteiger partial charge in [0.05, 0.1) is 6.61 Å². The van der Waals surface area contributed by atoms with E-state index in [-0.39, 0.29) is 42.5 Å². The molecular formula is C44H70N8O9. The molecule has 0 saturated carbocycles. The van der Waals surface area contributed by atoms with Gasteiger partial charge in [-0.3, -0.25) is 38.4 Å². The molecule has 3 rings (SSSR count). The van der Waals surface area contributed by atoms with Crippen LogP contribution in [0.5, 0.6) is 0 Å². The van der Waals surface area contributed by atoms with Gasteiger partial charge in [-0.1, -0.05) is 78.3 Å². The molecule has 61 heavy (non-hydrogen) atoms. The Labute approximate surface area is 360 Å². The monoisotopic (exact) mass is 855 g/mol. The molecule has 0 aromatic heterocycles. The molecule has 0 aliphatic carbocycles. The summed E-state index contributed by atoms with van der Waals surface area (Å²) in [7, 11) is 3.23. The van der Waals surface area contributed by atoms with Gasteiger partial charge in [-0.15, -0.1) is 0 Å². The molecule has 0 radical (unpaired) electrons. The van der Waals surface area contributed by atoms with E-state index in [1.807, 2.05) is 34.6 Å². The Hall–Kier alpha value is -5.06. The fourth-order valence-electron chi connectivity index (χ4n) is 7.93. The quantitative estimate of drug-likeness (QED) is 0.103. The molecule has 17 nitrogen and oxygen atoms in total. The highest BCUT2D eigenvalue weighted by Crippen LogP contribution is 2.23. The Morgan fingerprint density at radius 3 is 1.69 bits per heavy atom. The maximum absolute atomic E-state index is 14.2. The van der Waals surface area contributed by atoms with Gasteiger partial charge in [-0.05, 0) is 61.8 Å². The SMILES string of the molecule is CC[C@H](C)[C@H](NC(=O)[C@H](CO)NC(=O)[C@H](Cc1ccccc1)NC(=O)[C@@H]1CCCN1C(=O)[C@H](CC(C)C)NC(C)=O)C(=O)N1CCC[C@H]1C(=O)N[C@@H](CC(C)C)C(=O)N(C)C. The van der Waals surface area contributed by atoms with E-state index < -0.39 is 84.4 Å². The topological polar surface area (TPSA) is 227 Å². The Bertz CT molecular complexity index is 1690. The molecule has 340 valence electrons. The van der Waals surface area contributed by atoms with Crippen LogP contribution in [0.25, 0.3) is 0 Å². The number of benzene rings is 1. The molecule has 8 atom stereocenters. The van der Waals surface area contributed by atoms with E-state index in [0.29, 0.717) is 57.1 Å². The highest BCUT2D eigenvalue weighted by molar-refractivity contribution is 5.98. The number of nitrogens with one attached hydrogen (secondary N) is 5. The lowest BCUT2D eigenvalue weighted by molar-refractivity contribution is -0.144. The zero-order chi connectivity index (χ0) is 45.6.